The van der Waals surface area contributed by atoms with Crippen LogP contribution < -0.4 is 0 Å². The number of nitrogens with zero attached hydrogens (tertiary/aromatic N) is 6. The maximum Gasteiger partial charge on any atom is 0.250 e. The Kier molecular flexibility index (Phi) is 3.47. The molecule has 7 heteroatoms. The maximum atomic E-state index is 5.04. The summed E-state index contributed by atoms with van der Waals surface area (Å²) < 4.78 is 5.04. The first-order chi connectivity index (χ1) is 10.1. The zero-order valence-corrected chi connectivity index (χ0v) is 12.2. The van der Waals surface area contributed by atoms with Crippen LogP contribution in [0.2, 0.25) is 0 Å². The average Bonchev–Trinajstić information content (AvgIpc) is 3.09. The number of benzene rings is 1. The van der Waals surface area contributed by atoms with Crippen LogP contribution in [0.25, 0.3) is 11.4 Å². The summed E-state index contributed by atoms with van der Waals surface area (Å²) in [7, 11) is 0. The Hall–Kier alpha value is -2.57. The van der Waals surface area contributed by atoms with E-state index in [1.165, 1.54) is 10.4 Å². The largest absolute Gasteiger partial charge is 0.337 e. The molecule has 0 spiro atoms. The van der Waals surface area contributed by atoms with E-state index < -0.39 is 0 Å². The second-order valence-electron chi connectivity index (χ2n) is 5.16. The number of tetrazole rings is 1. The van der Waals surface area contributed by atoms with Crippen LogP contribution in [0.1, 0.15) is 37.0 Å². The number of aryl methyl sites for hydroxylation is 1. The Morgan fingerprint density at radius 2 is 1.95 bits per heavy atom. The fourth-order valence-electron chi connectivity index (χ4n) is 1.97. The topological polar surface area (TPSA) is 82.5 Å². The molecule has 2 heterocycles. The highest BCUT2D eigenvalue weighted by Gasteiger charge is 2.10. The van der Waals surface area contributed by atoms with Gasteiger partial charge in [0, 0.05) is 5.56 Å². The van der Waals surface area contributed by atoms with Crippen LogP contribution in [0.15, 0.2) is 28.8 Å². The fourth-order valence-corrected chi connectivity index (χ4v) is 1.97. The second kappa shape index (κ2) is 5.43. The minimum atomic E-state index is 0.317. The van der Waals surface area contributed by atoms with E-state index in [0.29, 0.717) is 30.0 Å². The predicted octanol–water partition coefficient (Wildman–Crippen LogP) is 2.20. The molecule has 7 nitrogen and oxygen atoms in total. The van der Waals surface area contributed by atoms with E-state index in [-0.39, 0.29) is 0 Å². The van der Waals surface area contributed by atoms with E-state index in [1.807, 2.05) is 12.1 Å². The number of hydrogen-bond donors (Lipinski definition) is 0. The Morgan fingerprint density at radius 1 is 1.19 bits per heavy atom. The first kappa shape index (κ1) is 13.4. The van der Waals surface area contributed by atoms with Crippen LogP contribution in [-0.4, -0.2) is 30.3 Å². The molecule has 0 saturated carbocycles. The number of rotatable bonds is 4. The quantitative estimate of drug-likeness (QED) is 0.730. The molecule has 3 aromatic rings. The zero-order chi connectivity index (χ0) is 14.8. The molecule has 21 heavy (non-hydrogen) atoms. The van der Waals surface area contributed by atoms with Crippen molar-refractivity contribution in [1.29, 1.82) is 0 Å². The maximum absolute atomic E-state index is 5.04. The van der Waals surface area contributed by atoms with E-state index >= 15 is 0 Å². The van der Waals surface area contributed by atoms with Gasteiger partial charge < -0.3 is 4.52 Å². The Morgan fingerprint density at radius 3 is 2.57 bits per heavy atom. The molecule has 0 aliphatic rings. The van der Waals surface area contributed by atoms with Gasteiger partial charge in [-0.15, -0.1) is 10.2 Å². The van der Waals surface area contributed by atoms with Gasteiger partial charge in [-0.05, 0) is 23.6 Å². The Bertz CT molecular complexity index is 728. The SMILES string of the molecule is Cc1noc(Cn2nnc(-c3ccc(C(C)C)cc3)n2)n1. The molecule has 2 aromatic heterocycles. The van der Waals surface area contributed by atoms with E-state index in [0.717, 1.165) is 5.56 Å². The highest BCUT2D eigenvalue weighted by atomic mass is 16.5. The lowest BCUT2D eigenvalue weighted by Crippen LogP contribution is -2.04. The van der Waals surface area contributed by atoms with Gasteiger partial charge in [-0.1, -0.05) is 43.3 Å². The van der Waals surface area contributed by atoms with Crippen molar-refractivity contribution in [3.05, 3.63) is 41.5 Å². The molecule has 108 valence electrons. The van der Waals surface area contributed by atoms with Crippen molar-refractivity contribution in [3.63, 3.8) is 0 Å². The highest BCUT2D eigenvalue weighted by molar-refractivity contribution is 5.54. The summed E-state index contributed by atoms with van der Waals surface area (Å²) in [6.07, 6.45) is 0. The van der Waals surface area contributed by atoms with Gasteiger partial charge in [-0.3, -0.25) is 0 Å². The molecule has 0 saturated heterocycles. The van der Waals surface area contributed by atoms with E-state index in [2.05, 4.69) is 51.5 Å². The average molecular weight is 284 g/mol. The van der Waals surface area contributed by atoms with Gasteiger partial charge in [0.15, 0.2) is 5.82 Å². The van der Waals surface area contributed by atoms with Crippen molar-refractivity contribution in [2.24, 2.45) is 0 Å². The van der Waals surface area contributed by atoms with Crippen LogP contribution in [0, 0.1) is 6.92 Å². The van der Waals surface area contributed by atoms with Crippen LogP contribution in [-0.2, 0) is 6.54 Å². The molecule has 0 bridgehead atoms. The van der Waals surface area contributed by atoms with Crippen molar-refractivity contribution in [3.8, 4) is 11.4 Å². The second-order valence-corrected chi connectivity index (χ2v) is 5.16. The summed E-state index contributed by atoms with van der Waals surface area (Å²) in [6, 6.07) is 8.19. The third-order valence-electron chi connectivity index (χ3n) is 3.13. The summed E-state index contributed by atoms with van der Waals surface area (Å²) in [5.74, 6) is 2.14. The first-order valence-electron chi connectivity index (χ1n) is 6.79. The molecular weight excluding hydrogens is 268 g/mol. The smallest absolute Gasteiger partial charge is 0.250 e. The molecule has 0 aliphatic heterocycles. The van der Waals surface area contributed by atoms with Crippen molar-refractivity contribution in [1.82, 2.24) is 30.3 Å². The van der Waals surface area contributed by atoms with Gasteiger partial charge in [0.1, 0.15) is 6.54 Å². The highest BCUT2D eigenvalue weighted by Crippen LogP contribution is 2.19. The lowest BCUT2D eigenvalue weighted by molar-refractivity contribution is 0.353. The van der Waals surface area contributed by atoms with Gasteiger partial charge in [-0.25, -0.2) is 0 Å². The van der Waals surface area contributed by atoms with Gasteiger partial charge >= 0.3 is 0 Å². The Labute approximate surface area is 122 Å². The third kappa shape index (κ3) is 2.96. The fraction of sp³-hybridized carbons (Fsp3) is 0.357. The third-order valence-corrected chi connectivity index (χ3v) is 3.13. The van der Waals surface area contributed by atoms with Crippen molar-refractivity contribution in [2.45, 2.75) is 33.2 Å². The minimum Gasteiger partial charge on any atom is -0.337 e. The Balaban J connectivity index is 1.78. The molecule has 3 rings (SSSR count). The summed E-state index contributed by atoms with van der Waals surface area (Å²) in [4.78, 5) is 5.56. The van der Waals surface area contributed by atoms with Gasteiger partial charge in [0.25, 0.3) is 0 Å². The molecule has 0 radical (unpaired) electrons. The summed E-state index contributed by atoms with van der Waals surface area (Å²) >= 11 is 0. The molecule has 0 N–H and O–H groups in total. The zero-order valence-electron chi connectivity index (χ0n) is 12.2. The normalized spacial score (nSPS) is 11.2. The number of aromatic nitrogens is 6. The van der Waals surface area contributed by atoms with Gasteiger partial charge in [0.2, 0.25) is 11.7 Å². The van der Waals surface area contributed by atoms with Crippen LogP contribution in [0.4, 0.5) is 0 Å². The van der Waals surface area contributed by atoms with Crippen molar-refractivity contribution < 1.29 is 4.52 Å². The van der Waals surface area contributed by atoms with E-state index in [9.17, 15) is 0 Å². The molecule has 0 atom stereocenters. The monoisotopic (exact) mass is 284 g/mol. The van der Waals surface area contributed by atoms with Crippen LogP contribution >= 0.6 is 0 Å². The van der Waals surface area contributed by atoms with Crippen molar-refractivity contribution in [2.75, 3.05) is 0 Å². The lowest BCUT2D eigenvalue weighted by Gasteiger charge is -2.04. The van der Waals surface area contributed by atoms with E-state index in [1.54, 1.807) is 6.92 Å². The first-order valence-corrected chi connectivity index (χ1v) is 6.79. The summed E-state index contributed by atoms with van der Waals surface area (Å²) in [5, 5.41) is 16.1. The van der Waals surface area contributed by atoms with Crippen molar-refractivity contribution >= 4 is 0 Å². The van der Waals surface area contributed by atoms with E-state index in [4.69, 9.17) is 4.52 Å². The molecule has 0 fully saturated rings. The molecule has 0 unspecified atom stereocenters. The molecule has 0 aliphatic carbocycles. The number of hydrogen-bond acceptors (Lipinski definition) is 6. The predicted molar refractivity (Wildman–Crippen MR) is 75.5 cm³/mol. The molecule has 1 aromatic carbocycles. The van der Waals surface area contributed by atoms with Gasteiger partial charge in [0.05, 0.1) is 0 Å². The lowest BCUT2D eigenvalue weighted by atomic mass is 10.0. The van der Waals surface area contributed by atoms with Crippen LogP contribution in [0.3, 0.4) is 0 Å². The minimum absolute atomic E-state index is 0.317. The standard InChI is InChI=1S/C14H16N6O/c1-9(2)11-4-6-12(7-5-11)14-16-19-20(17-14)8-13-15-10(3)18-21-13/h4-7,9H,8H2,1-3H3. The summed E-state index contributed by atoms with van der Waals surface area (Å²) in [5.41, 5.74) is 2.22. The van der Waals surface area contributed by atoms with Crippen LogP contribution in [0.5, 0.6) is 0 Å². The summed E-state index contributed by atoms with van der Waals surface area (Å²) in [6.45, 7) is 6.41. The van der Waals surface area contributed by atoms with Gasteiger partial charge in [-0.2, -0.15) is 9.78 Å². The molecular formula is C14H16N6O. The molecule has 0 amide bonds.